The van der Waals surface area contributed by atoms with Crippen LogP contribution in [0.3, 0.4) is 0 Å². The van der Waals surface area contributed by atoms with Gasteiger partial charge in [0, 0.05) is 25.7 Å². The highest BCUT2D eigenvalue weighted by atomic mass is 16.5. The van der Waals surface area contributed by atoms with Crippen molar-refractivity contribution in [3.8, 4) is 0 Å². The van der Waals surface area contributed by atoms with Gasteiger partial charge < -0.3 is 20.3 Å². The molecule has 0 saturated carbocycles. The summed E-state index contributed by atoms with van der Waals surface area (Å²) in [6.45, 7) is 10.2. The fourth-order valence-corrected chi connectivity index (χ4v) is 1.91. The molecule has 0 unspecified atom stereocenters. The lowest BCUT2D eigenvalue weighted by molar-refractivity contribution is 0.122. The minimum absolute atomic E-state index is 0.286. The van der Waals surface area contributed by atoms with Crippen LogP contribution in [0.15, 0.2) is 0 Å². The van der Waals surface area contributed by atoms with Gasteiger partial charge in [0.1, 0.15) is 0 Å². The molecule has 1 aromatic heterocycles. The SMILES string of the molecule is CCCNc1nc(NC(C)C)nc(N2CCOCC2)n1. The van der Waals surface area contributed by atoms with E-state index in [1.807, 2.05) is 0 Å². The predicted molar refractivity (Wildman–Crippen MR) is 80.4 cm³/mol. The van der Waals surface area contributed by atoms with Crippen molar-refractivity contribution >= 4 is 17.8 Å². The van der Waals surface area contributed by atoms with Gasteiger partial charge in [-0.25, -0.2) is 0 Å². The highest BCUT2D eigenvalue weighted by molar-refractivity contribution is 5.44. The summed E-state index contributed by atoms with van der Waals surface area (Å²) in [5.74, 6) is 1.96. The van der Waals surface area contributed by atoms with Gasteiger partial charge in [-0.3, -0.25) is 0 Å². The fraction of sp³-hybridized carbons (Fsp3) is 0.769. The largest absolute Gasteiger partial charge is 0.378 e. The topological polar surface area (TPSA) is 75.2 Å². The van der Waals surface area contributed by atoms with Crippen molar-refractivity contribution < 1.29 is 4.74 Å². The molecule has 0 bridgehead atoms. The number of nitrogens with one attached hydrogen (secondary N) is 2. The van der Waals surface area contributed by atoms with E-state index in [1.165, 1.54) is 0 Å². The summed E-state index contributed by atoms with van der Waals surface area (Å²) in [4.78, 5) is 15.5. The molecule has 1 aliphatic rings. The maximum atomic E-state index is 5.37. The van der Waals surface area contributed by atoms with Crippen LogP contribution in [0.1, 0.15) is 27.2 Å². The molecule has 1 saturated heterocycles. The molecule has 2 heterocycles. The summed E-state index contributed by atoms with van der Waals surface area (Å²) in [7, 11) is 0. The lowest BCUT2D eigenvalue weighted by Gasteiger charge is -2.27. The highest BCUT2D eigenvalue weighted by Gasteiger charge is 2.16. The Morgan fingerprint density at radius 2 is 1.85 bits per heavy atom. The average molecular weight is 280 g/mol. The summed E-state index contributed by atoms with van der Waals surface area (Å²) in [6.07, 6.45) is 1.03. The van der Waals surface area contributed by atoms with Gasteiger partial charge in [0.05, 0.1) is 13.2 Å². The van der Waals surface area contributed by atoms with Crippen LogP contribution in [0.4, 0.5) is 17.8 Å². The van der Waals surface area contributed by atoms with Crippen LogP contribution in [-0.2, 0) is 4.74 Å². The monoisotopic (exact) mass is 280 g/mol. The molecule has 0 aliphatic carbocycles. The molecule has 1 aliphatic heterocycles. The van der Waals surface area contributed by atoms with Crippen molar-refractivity contribution in [2.45, 2.75) is 33.2 Å². The Kier molecular flexibility index (Phi) is 5.34. The molecule has 1 aromatic rings. The zero-order valence-electron chi connectivity index (χ0n) is 12.5. The van der Waals surface area contributed by atoms with Crippen LogP contribution < -0.4 is 15.5 Å². The lowest BCUT2D eigenvalue weighted by Crippen LogP contribution is -2.37. The van der Waals surface area contributed by atoms with Crippen molar-refractivity contribution in [1.29, 1.82) is 0 Å². The fourth-order valence-electron chi connectivity index (χ4n) is 1.91. The van der Waals surface area contributed by atoms with Gasteiger partial charge in [-0.15, -0.1) is 0 Å². The smallest absolute Gasteiger partial charge is 0.232 e. The van der Waals surface area contributed by atoms with E-state index >= 15 is 0 Å². The Balaban J connectivity index is 2.19. The third kappa shape index (κ3) is 4.19. The molecule has 2 rings (SSSR count). The van der Waals surface area contributed by atoms with Crippen molar-refractivity contribution in [1.82, 2.24) is 15.0 Å². The standard InChI is InChI=1S/C13H24N6O/c1-4-5-14-11-16-12(15-10(2)3)18-13(17-11)19-6-8-20-9-7-19/h10H,4-9H2,1-3H3,(H2,14,15,16,17,18). The Hall–Kier alpha value is -1.63. The summed E-state index contributed by atoms with van der Waals surface area (Å²) in [5, 5.41) is 6.47. The molecule has 112 valence electrons. The summed E-state index contributed by atoms with van der Waals surface area (Å²) in [5.41, 5.74) is 0. The molecule has 0 aromatic carbocycles. The van der Waals surface area contributed by atoms with Crippen molar-refractivity contribution in [2.75, 3.05) is 48.4 Å². The van der Waals surface area contributed by atoms with Crippen molar-refractivity contribution in [3.63, 3.8) is 0 Å². The van der Waals surface area contributed by atoms with E-state index < -0.39 is 0 Å². The number of anilines is 3. The summed E-state index contributed by atoms with van der Waals surface area (Å²) < 4.78 is 5.37. The van der Waals surface area contributed by atoms with E-state index in [4.69, 9.17) is 4.74 Å². The first kappa shape index (κ1) is 14.8. The number of rotatable bonds is 6. The molecule has 0 spiro atoms. The van der Waals surface area contributed by atoms with E-state index in [0.717, 1.165) is 39.3 Å². The minimum atomic E-state index is 0.286. The van der Waals surface area contributed by atoms with Crippen LogP contribution in [0.5, 0.6) is 0 Å². The first-order valence-corrected chi connectivity index (χ1v) is 7.28. The summed E-state index contributed by atoms with van der Waals surface area (Å²) in [6, 6.07) is 0.286. The zero-order chi connectivity index (χ0) is 14.4. The number of ether oxygens (including phenoxy) is 1. The first-order valence-electron chi connectivity index (χ1n) is 7.28. The predicted octanol–water partition coefficient (Wildman–Crippen LogP) is 1.35. The second-order valence-electron chi connectivity index (χ2n) is 5.11. The van der Waals surface area contributed by atoms with Crippen LogP contribution in [0, 0.1) is 0 Å². The van der Waals surface area contributed by atoms with Crippen LogP contribution in [0.2, 0.25) is 0 Å². The Labute approximate surface area is 120 Å². The summed E-state index contributed by atoms with van der Waals surface area (Å²) >= 11 is 0. The van der Waals surface area contributed by atoms with E-state index in [9.17, 15) is 0 Å². The van der Waals surface area contributed by atoms with Gasteiger partial charge in [0.25, 0.3) is 0 Å². The van der Waals surface area contributed by atoms with Gasteiger partial charge in [0.15, 0.2) is 0 Å². The van der Waals surface area contributed by atoms with E-state index in [2.05, 4.69) is 51.3 Å². The molecule has 0 amide bonds. The minimum Gasteiger partial charge on any atom is -0.378 e. The van der Waals surface area contributed by atoms with Crippen molar-refractivity contribution in [3.05, 3.63) is 0 Å². The quantitative estimate of drug-likeness (QED) is 0.814. The first-order chi connectivity index (χ1) is 9.69. The van der Waals surface area contributed by atoms with Gasteiger partial charge in [0.2, 0.25) is 17.8 Å². The number of hydrogen-bond acceptors (Lipinski definition) is 7. The number of morpholine rings is 1. The van der Waals surface area contributed by atoms with E-state index in [0.29, 0.717) is 17.8 Å². The zero-order valence-corrected chi connectivity index (χ0v) is 12.5. The number of nitrogens with zero attached hydrogens (tertiary/aromatic N) is 4. The molecular formula is C13H24N6O. The molecule has 0 radical (unpaired) electrons. The molecule has 20 heavy (non-hydrogen) atoms. The van der Waals surface area contributed by atoms with Crippen LogP contribution in [0.25, 0.3) is 0 Å². The Morgan fingerprint density at radius 3 is 2.50 bits per heavy atom. The Bertz CT molecular complexity index is 419. The van der Waals surface area contributed by atoms with Crippen LogP contribution in [-0.4, -0.2) is 53.8 Å². The number of hydrogen-bond donors (Lipinski definition) is 2. The van der Waals surface area contributed by atoms with Gasteiger partial charge in [-0.1, -0.05) is 6.92 Å². The number of aromatic nitrogens is 3. The van der Waals surface area contributed by atoms with E-state index in [1.54, 1.807) is 0 Å². The molecule has 7 nitrogen and oxygen atoms in total. The van der Waals surface area contributed by atoms with E-state index in [-0.39, 0.29) is 6.04 Å². The Morgan fingerprint density at radius 1 is 1.15 bits per heavy atom. The molecule has 0 atom stereocenters. The maximum Gasteiger partial charge on any atom is 0.232 e. The maximum absolute atomic E-state index is 5.37. The molecule has 1 fully saturated rings. The highest BCUT2D eigenvalue weighted by Crippen LogP contribution is 2.15. The molecular weight excluding hydrogens is 256 g/mol. The third-order valence-corrected chi connectivity index (χ3v) is 2.87. The lowest BCUT2D eigenvalue weighted by atomic mass is 10.4. The van der Waals surface area contributed by atoms with Gasteiger partial charge in [-0.2, -0.15) is 15.0 Å². The normalized spacial score (nSPS) is 15.5. The van der Waals surface area contributed by atoms with Gasteiger partial charge in [-0.05, 0) is 20.3 Å². The second-order valence-corrected chi connectivity index (χ2v) is 5.11. The molecule has 7 heteroatoms. The molecule has 2 N–H and O–H groups in total. The van der Waals surface area contributed by atoms with Gasteiger partial charge >= 0.3 is 0 Å². The second kappa shape index (κ2) is 7.23. The van der Waals surface area contributed by atoms with Crippen molar-refractivity contribution in [2.24, 2.45) is 0 Å². The average Bonchev–Trinajstić information content (AvgIpc) is 2.45. The van der Waals surface area contributed by atoms with Crippen LogP contribution >= 0.6 is 0 Å². The third-order valence-electron chi connectivity index (χ3n) is 2.87.